The van der Waals surface area contributed by atoms with Gasteiger partial charge in [-0.25, -0.2) is 9.37 Å². The number of hydrogen-bond acceptors (Lipinski definition) is 5. The van der Waals surface area contributed by atoms with Crippen molar-refractivity contribution >= 4 is 34.6 Å². The van der Waals surface area contributed by atoms with Gasteiger partial charge in [0.15, 0.2) is 17.7 Å². The summed E-state index contributed by atoms with van der Waals surface area (Å²) in [6.07, 6.45) is -0.977. The first-order valence-electron chi connectivity index (χ1n) is 9.00. The van der Waals surface area contributed by atoms with Crippen LogP contribution in [-0.4, -0.2) is 33.6 Å². The molecular formula is C20H21FN4O3S. The van der Waals surface area contributed by atoms with Crippen LogP contribution in [-0.2, 0) is 9.59 Å². The third-order valence-corrected chi connectivity index (χ3v) is 5.24. The van der Waals surface area contributed by atoms with E-state index in [9.17, 15) is 14.0 Å². The highest BCUT2D eigenvalue weighted by Crippen LogP contribution is 2.27. The molecule has 0 unspecified atom stereocenters. The molecule has 0 fully saturated rings. The number of carbonyl (C=O) groups excluding carboxylic acids is 2. The van der Waals surface area contributed by atoms with Gasteiger partial charge in [-0.05, 0) is 38.1 Å². The lowest BCUT2D eigenvalue weighted by molar-refractivity contribution is -0.132. The average Bonchev–Trinajstić information content (AvgIpc) is 3.16. The molecule has 2 aromatic carbocycles. The van der Waals surface area contributed by atoms with E-state index in [0.717, 1.165) is 16.9 Å². The zero-order valence-corrected chi connectivity index (χ0v) is 16.8. The minimum absolute atomic E-state index is 0.0308. The Morgan fingerprint density at radius 3 is 2.62 bits per heavy atom. The fourth-order valence-electron chi connectivity index (χ4n) is 2.50. The highest BCUT2D eigenvalue weighted by Gasteiger charge is 2.18. The predicted molar refractivity (Wildman–Crippen MR) is 110 cm³/mol. The van der Waals surface area contributed by atoms with Gasteiger partial charge in [0.2, 0.25) is 5.91 Å². The van der Waals surface area contributed by atoms with Gasteiger partial charge in [-0.15, -0.1) is 11.8 Å². The van der Waals surface area contributed by atoms with Crippen molar-refractivity contribution in [2.75, 3.05) is 5.75 Å². The van der Waals surface area contributed by atoms with Crippen LogP contribution in [0.25, 0.3) is 11.0 Å². The molecule has 0 saturated heterocycles. The summed E-state index contributed by atoms with van der Waals surface area (Å²) in [6, 6.07) is 13.5. The summed E-state index contributed by atoms with van der Waals surface area (Å²) >= 11 is 1.38. The molecule has 0 radical (unpaired) electrons. The number of nitrogens with zero attached hydrogens (tertiary/aromatic N) is 1. The maximum atomic E-state index is 13.6. The Balaban J connectivity index is 1.43. The van der Waals surface area contributed by atoms with E-state index in [1.54, 1.807) is 6.07 Å². The molecule has 3 rings (SSSR count). The maximum absolute atomic E-state index is 13.6. The van der Waals surface area contributed by atoms with E-state index in [0.29, 0.717) is 0 Å². The molecule has 1 aromatic heterocycles. The van der Waals surface area contributed by atoms with Crippen molar-refractivity contribution in [1.29, 1.82) is 0 Å². The van der Waals surface area contributed by atoms with Crippen molar-refractivity contribution in [3.63, 3.8) is 0 Å². The van der Waals surface area contributed by atoms with Crippen molar-refractivity contribution in [2.45, 2.75) is 25.2 Å². The van der Waals surface area contributed by atoms with Gasteiger partial charge >= 0.3 is 0 Å². The fraction of sp³-hybridized carbons (Fsp3) is 0.250. The van der Waals surface area contributed by atoms with Gasteiger partial charge in [-0.3, -0.25) is 20.4 Å². The smallest absolute Gasteiger partial charge is 0.279 e. The van der Waals surface area contributed by atoms with E-state index in [2.05, 4.69) is 20.8 Å². The molecule has 29 heavy (non-hydrogen) atoms. The SMILES string of the molecule is C[C@H](SCC(=O)NNC(=O)[C@@H](C)Oc1ccccc1F)c1nc2ccccc2[nH]1. The molecule has 7 nitrogen and oxygen atoms in total. The second-order valence-corrected chi connectivity index (χ2v) is 7.65. The van der Waals surface area contributed by atoms with Crippen molar-refractivity contribution in [1.82, 2.24) is 20.8 Å². The number of nitrogens with one attached hydrogen (secondary N) is 3. The van der Waals surface area contributed by atoms with E-state index in [1.165, 1.54) is 36.9 Å². The number of carbonyl (C=O) groups is 2. The van der Waals surface area contributed by atoms with Crippen molar-refractivity contribution in [3.8, 4) is 5.75 Å². The molecule has 0 saturated carbocycles. The number of ether oxygens (including phenoxy) is 1. The van der Waals surface area contributed by atoms with Crippen LogP contribution >= 0.6 is 11.8 Å². The van der Waals surface area contributed by atoms with Crippen LogP contribution in [0.1, 0.15) is 24.9 Å². The van der Waals surface area contributed by atoms with Crippen molar-refractivity contribution in [3.05, 3.63) is 60.2 Å². The van der Waals surface area contributed by atoms with Gasteiger partial charge in [0, 0.05) is 0 Å². The van der Waals surface area contributed by atoms with Crippen LogP contribution in [0.15, 0.2) is 48.5 Å². The number of halogens is 1. The first-order valence-corrected chi connectivity index (χ1v) is 10.0. The van der Waals surface area contributed by atoms with Crippen LogP contribution in [0.5, 0.6) is 5.75 Å². The van der Waals surface area contributed by atoms with E-state index in [1.807, 2.05) is 31.2 Å². The number of H-pyrrole nitrogens is 1. The number of thioether (sulfide) groups is 1. The summed E-state index contributed by atoms with van der Waals surface area (Å²) < 4.78 is 18.8. The van der Waals surface area contributed by atoms with Gasteiger partial charge in [0.1, 0.15) is 5.82 Å². The van der Waals surface area contributed by atoms with Gasteiger partial charge in [-0.1, -0.05) is 24.3 Å². The van der Waals surface area contributed by atoms with Crippen molar-refractivity contribution in [2.24, 2.45) is 0 Å². The second-order valence-electron chi connectivity index (χ2n) is 6.32. The molecule has 0 bridgehead atoms. The average molecular weight is 416 g/mol. The summed E-state index contributed by atoms with van der Waals surface area (Å²) in [7, 11) is 0. The Kier molecular flexibility index (Phi) is 6.71. The highest BCUT2D eigenvalue weighted by molar-refractivity contribution is 8.00. The number of benzene rings is 2. The number of hydrazine groups is 1. The standard InChI is InChI=1S/C20H21FN4O3S/c1-12(28-17-10-6-3-7-14(17)21)20(27)25-24-18(26)11-29-13(2)19-22-15-8-4-5-9-16(15)23-19/h3-10,12-13H,11H2,1-2H3,(H,22,23)(H,24,26)(H,25,27)/t12-,13+/m1/s1. The summed E-state index contributed by atoms with van der Waals surface area (Å²) in [5.74, 6) is -0.647. The lowest BCUT2D eigenvalue weighted by Crippen LogP contribution is -2.47. The number of fused-ring (bicyclic) bond motifs is 1. The van der Waals surface area contributed by atoms with Crippen LogP contribution in [0.4, 0.5) is 4.39 Å². The Hall–Kier alpha value is -3.07. The van der Waals surface area contributed by atoms with Crippen LogP contribution in [0, 0.1) is 5.82 Å². The lowest BCUT2D eigenvalue weighted by Gasteiger charge is -2.15. The zero-order valence-electron chi connectivity index (χ0n) is 15.9. The summed E-state index contributed by atoms with van der Waals surface area (Å²) in [5, 5.41) is -0.0350. The normalized spacial score (nSPS) is 12.9. The number of para-hydroxylation sites is 3. The molecule has 3 aromatic rings. The number of aromatic nitrogens is 2. The third kappa shape index (κ3) is 5.47. The Bertz CT molecular complexity index is 977. The molecule has 9 heteroatoms. The van der Waals surface area contributed by atoms with Gasteiger partial charge in [0.25, 0.3) is 5.91 Å². The van der Waals surface area contributed by atoms with Crippen LogP contribution in [0.3, 0.4) is 0 Å². The molecule has 3 N–H and O–H groups in total. The van der Waals surface area contributed by atoms with E-state index < -0.39 is 17.8 Å². The maximum Gasteiger partial charge on any atom is 0.279 e. The second kappa shape index (κ2) is 9.42. The molecule has 2 atom stereocenters. The third-order valence-electron chi connectivity index (χ3n) is 4.09. The summed E-state index contributed by atoms with van der Waals surface area (Å²) in [6.45, 7) is 3.41. The number of rotatable bonds is 7. The first kappa shape index (κ1) is 20.7. The molecule has 1 heterocycles. The molecule has 0 aliphatic heterocycles. The first-order chi connectivity index (χ1) is 13.9. The number of imidazole rings is 1. The Labute approximate surface area is 171 Å². The van der Waals surface area contributed by atoms with Crippen LogP contribution in [0.2, 0.25) is 0 Å². The monoisotopic (exact) mass is 416 g/mol. The number of amides is 2. The minimum atomic E-state index is -0.977. The lowest BCUT2D eigenvalue weighted by atomic mass is 10.3. The van der Waals surface area contributed by atoms with Gasteiger partial charge in [-0.2, -0.15) is 0 Å². The molecule has 0 aliphatic rings. The molecular weight excluding hydrogens is 395 g/mol. The minimum Gasteiger partial charge on any atom is -0.478 e. The summed E-state index contributed by atoms with van der Waals surface area (Å²) in [5.41, 5.74) is 6.43. The Morgan fingerprint density at radius 2 is 1.86 bits per heavy atom. The highest BCUT2D eigenvalue weighted by atomic mass is 32.2. The van der Waals surface area contributed by atoms with Crippen molar-refractivity contribution < 1.29 is 18.7 Å². The van der Waals surface area contributed by atoms with Crippen LogP contribution < -0.4 is 15.6 Å². The topological polar surface area (TPSA) is 96.1 Å². The molecule has 152 valence electrons. The zero-order chi connectivity index (χ0) is 20.8. The number of aromatic amines is 1. The summed E-state index contributed by atoms with van der Waals surface area (Å²) in [4.78, 5) is 31.8. The predicted octanol–water partition coefficient (Wildman–Crippen LogP) is 3.11. The molecule has 2 amide bonds. The number of hydrogen-bond donors (Lipinski definition) is 3. The molecule has 0 aliphatic carbocycles. The molecule has 0 spiro atoms. The fourth-order valence-corrected chi connectivity index (χ4v) is 3.24. The van der Waals surface area contributed by atoms with E-state index in [-0.39, 0.29) is 22.7 Å². The largest absolute Gasteiger partial charge is 0.478 e. The van der Waals surface area contributed by atoms with E-state index in [4.69, 9.17) is 4.74 Å². The van der Waals surface area contributed by atoms with E-state index >= 15 is 0 Å². The quantitative estimate of drug-likeness (QED) is 0.515. The van der Waals surface area contributed by atoms with Gasteiger partial charge in [0.05, 0.1) is 22.0 Å². The van der Waals surface area contributed by atoms with Gasteiger partial charge < -0.3 is 9.72 Å². The Morgan fingerprint density at radius 1 is 1.14 bits per heavy atom.